The Morgan fingerprint density at radius 1 is 1.10 bits per heavy atom. The molecule has 0 saturated heterocycles. The summed E-state index contributed by atoms with van der Waals surface area (Å²) in [6, 6.07) is 13.7. The number of fused-ring (bicyclic) bond motifs is 1. The molecule has 0 bridgehead atoms. The van der Waals surface area contributed by atoms with Gasteiger partial charge in [0, 0.05) is 11.8 Å². The molecular weight excluding hydrogens is 402 g/mol. The van der Waals surface area contributed by atoms with Gasteiger partial charge in [0.2, 0.25) is 11.7 Å². The highest BCUT2D eigenvalue weighted by Crippen LogP contribution is 2.24. The van der Waals surface area contributed by atoms with Crippen LogP contribution in [0.15, 0.2) is 57.9 Å². The predicted molar refractivity (Wildman–Crippen MR) is 114 cm³/mol. The zero-order valence-corrected chi connectivity index (χ0v) is 17.5. The molecule has 3 aromatic rings. The van der Waals surface area contributed by atoms with E-state index in [1.807, 2.05) is 6.07 Å². The number of aryl methyl sites for hydroxylation is 3. The molecule has 0 saturated carbocycles. The number of nitrogens with zero attached hydrogens (tertiary/aromatic N) is 1. The van der Waals surface area contributed by atoms with E-state index in [1.165, 1.54) is 42.2 Å². The average Bonchev–Trinajstić information content (AvgIpc) is 3.12. The summed E-state index contributed by atoms with van der Waals surface area (Å²) in [7, 11) is -3.79. The number of amides is 1. The van der Waals surface area contributed by atoms with Crippen LogP contribution in [0, 0.1) is 6.92 Å². The van der Waals surface area contributed by atoms with Gasteiger partial charge >= 0.3 is 0 Å². The highest BCUT2D eigenvalue weighted by molar-refractivity contribution is 7.98. The number of sulfonamides is 1. The summed E-state index contributed by atoms with van der Waals surface area (Å²) in [5, 5.41) is 6.45. The second-order valence-electron chi connectivity index (χ2n) is 7.49. The van der Waals surface area contributed by atoms with Crippen LogP contribution in [-0.4, -0.2) is 15.6 Å². The highest BCUT2D eigenvalue weighted by Gasteiger charge is 2.22. The summed E-state index contributed by atoms with van der Waals surface area (Å²) in [5.41, 5.74) is 4.25. The molecule has 30 heavy (non-hydrogen) atoms. The first-order valence-electron chi connectivity index (χ1n) is 9.86. The Hall–Kier alpha value is -2.97. The number of benzene rings is 2. The molecule has 1 aliphatic rings. The minimum Gasteiger partial charge on any atom is -0.588 e. The number of hydrogen-bond acceptors (Lipinski definition) is 5. The zero-order chi connectivity index (χ0) is 21.1. The molecule has 2 aromatic carbocycles. The summed E-state index contributed by atoms with van der Waals surface area (Å²) in [6.07, 6.45) is 4.89. The molecule has 1 aromatic heterocycles. The molecule has 1 amide bonds. The first-order valence-corrected chi connectivity index (χ1v) is 11.3. The standard InChI is InChI=1S/C22H23N3O4S/c1-15-12-21(24-29-15)25-30(27,28)20-10-8-19(9-11-20)23-22(26)14-16-6-7-17-4-2-3-5-18(17)13-16/h6-13H,2-5,14H2,1H3,(H2-,23,24,25,26,27,28). The quantitative estimate of drug-likeness (QED) is 0.579. The molecular formula is C22H23N3O4S. The van der Waals surface area contributed by atoms with Gasteiger partial charge in [0.25, 0.3) is 0 Å². The molecule has 4 rings (SSSR count). The van der Waals surface area contributed by atoms with Gasteiger partial charge in [-0.1, -0.05) is 27.6 Å². The first kappa shape index (κ1) is 20.3. The zero-order valence-electron chi connectivity index (χ0n) is 16.6. The number of carbonyl (C=O) groups excluding carboxylic acids is 1. The van der Waals surface area contributed by atoms with Crippen molar-refractivity contribution in [1.29, 1.82) is 0 Å². The fourth-order valence-electron chi connectivity index (χ4n) is 3.62. The Labute approximate surface area is 176 Å². The third-order valence-corrected chi connectivity index (χ3v) is 6.46. The monoisotopic (exact) mass is 425 g/mol. The van der Waals surface area contributed by atoms with Crippen LogP contribution in [0.4, 0.5) is 11.5 Å². The normalized spacial score (nSPS) is 15.1. The Morgan fingerprint density at radius 2 is 1.83 bits per heavy atom. The first-order chi connectivity index (χ1) is 14.4. The van der Waals surface area contributed by atoms with Gasteiger partial charge in [0.1, 0.15) is 5.76 Å². The van der Waals surface area contributed by atoms with Crippen molar-refractivity contribution in [2.24, 2.45) is 0 Å². The largest absolute Gasteiger partial charge is 0.588 e. The van der Waals surface area contributed by atoms with E-state index in [0.29, 0.717) is 11.4 Å². The fourth-order valence-corrected chi connectivity index (χ4v) is 4.60. The minimum atomic E-state index is -3.79. The van der Waals surface area contributed by atoms with Crippen LogP contribution in [0.2, 0.25) is 0 Å². The average molecular weight is 426 g/mol. The van der Waals surface area contributed by atoms with Crippen LogP contribution in [0.1, 0.15) is 35.3 Å². The summed E-state index contributed by atoms with van der Waals surface area (Å²) in [4.78, 5) is 12.5. The minimum absolute atomic E-state index is 0.0656. The number of aromatic nitrogens is 1. The van der Waals surface area contributed by atoms with E-state index in [2.05, 4.69) is 27.3 Å². The summed E-state index contributed by atoms with van der Waals surface area (Å²) < 4.78 is 32.1. The van der Waals surface area contributed by atoms with Crippen molar-refractivity contribution >= 4 is 27.8 Å². The molecule has 156 valence electrons. The van der Waals surface area contributed by atoms with Crippen molar-refractivity contribution in [1.82, 2.24) is 5.16 Å². The Morgan fingerprint density at radius 3 is 2.53 bits per heavy atom. The molecule has 1 unspecified atom stereocenters. The van der Waals surface area contributed by atoms with E-state index in [0.717, 1.165) is 18.4 Å². The molecule has 0 fully saturated rings. The maximum atomic E-state index is 12.4. The molecule has 0 spiro atoms. The van der Waals surface area contributed by atoms with Crippen molar-refractivity contribution < 1.29 is 18.1 Å². The van der Waals surface area contributed by atoms with Crippen molar-refractivity contribution in [2.45, 2.75) is 43.9 Å². The molecule has 2 N–H and O–H groups in total. The second kappa shape index (κ2) is 8.41. The van der Waals surface area contributed by atoms with Gasteiger partial charge in [-0.3, -0.25) is 4.79 Å². The summed E-state index contributed by atoms with van der Waals surface area (Å²) >= 11 is 0. The lowest BCUT2D eigenvalue weighted by molar-refractivity contribution is -0.115. The number of rotatable bonds is 6. The van der Waals surface area contributed by atoms with Crippen LogP contribution < -0.4 is 10.0 Å². The maximum Gasteiger partial charge on any atom is 0.228 e. The van der Waals surface area contributed by atoms with Gasteiger partial charge in [-0.15, -0.1) is 0 Å². The fraction of sp³-hybridized carbons (Fsp3) is 0.273. The number of carbonyl (C=O) groups is 1. The van der Waals surface area contributed by atoms with Gasteiger partial charge in [-0.2, -0.15) is 4.72 Å². The van der Waals surface area contributed by atoms with Crippen LogP contribution in [0.5, 0.6) is 0 Å². The van der Waals surface area contributed by atoms with E-state index in [1.54, 1.807) is 19.1 Å². The maximum absolute atomic E-state index is 12.4. The van der Waals surface area contributed by atoms with E-state index in [9.17, 15) is 13.6 Å². The number of anilines is 2. The van der Waals surface area contributed by atoms with Crippen molar-refractivity contribution in [3.8, 4) is 0 Å². The van der Waals surface area contributed by atoms with E-state index in [-0.39, 0.29) is 23.0 Å². The Bertz CT molecular complexity index is 1110. The van der Waals surface area contributed by atoms with Crippen LogP contribution in [0.25, 0.3) is 0 Å². The van der Waals surface area contributed by atoms with E-state index >= 15 is 0 Å². The lowest BCUT2D eigenvalue weighted by atomic mass is 9.90. The Kier molecular flexibility index (Phi) is 5.69. The predicted octanol–water partition coefficient (Wildman–Crippen LogP) is 4.06. The van der Waals surface area contributed by atoms with Crippen LogP contribution in [0.3, 0.4) is 0 Å². The third-order valence-electron chi connectivity index (χ3n) is 5.09. The molecule has 0 radical (unpaired) electrons. The lowest BCUT2D eigenvalue weighted by Crippen LogP contribution is -2.21. The van der Waals surface area contributed by atoms with E-state index in [4.69, 9.17) is 4.52 Å². The smallest absolute Gasteiger partial charge is 0.228 e. The Balaban J connectivity index is 1.38. The second-order valence-corrected chi connectivity index (χ2v) is 9.17. The lowest BCUT2D eigenvalue weighted by Gasteiger charge is -2.16. The van der Waals surface area contributed by atoms with Gasteiger partial charge < -0.3 is 14.4 Å². The van der Waals surface area contributed by atoms with Crippen molar-refractivity contribution in [3.63, 3.8) is 0 Å². The summed E-state index contributed by atoms with van der Waals surface area (Å²) in [6.45, 7) is 1.67. The van der Waals surface area contributed by atoms with Gasteiger partial charge in [0.15, 0.2) is 15.3 Å². The molecule has 1 heterocycles. The molecule has 1 atom stereocenters. The van der Waals surface area contributed by atoms with Gasteiger partial charge in [-0.25, -0.2) is 0 Å². The number of nitrogens with one attached hydrogen (secondary N) is 2. The van der Waals surface area contributed by atoms with Crippen LogP contribution in [-0.2, 0) is 38.7 Å². The highest BCUT2D eigenvalue weighted by atomic mass is 32.3. The molecule has 0 aliphatic heterocycles. The molecule has 1 aliphatic carbocycles. The van der Waals surface area contributed by atoms with Gasteiger partial charge in [0.05, 0.1) is 6.42 Å². The SMILES string of the molecule is Cc1cc(N[S+](=O)([O-])c2ccc(NC(=O)Cc3ccc4c(c3)CCCC4)cc2)no1. The van der Waals surface area contributed by atoms with Crippen LogP contribution >= 0.6 is 0 Å². The summed E-state index contributed by atoms with van der Waals surface area (Å²) in [5.74, 6) is 0.483. The number of hydrogen-bond donors (Lipinski definition) is 2. The van der Waals surface area contributed by atoms with E-state index < -0.39 is 10.4 Å². The van der Waals surface area contributed by atoms with Crippen molar-refractivity contribution in [2.75, 3.05) is 10.0 Å². The third kappa shape index (κ3) is 4.77. The molecule has 8 heteroatoms. The van der Waals surface area contributed by atoms with Gasteiger partial charge in [-0.05, 0) is 73.6 Å². The molecule has 7 nitrogen and oxygen atoms in total. The topological polar surface area (TPSA) is 107 Å². The van der Waals surface area contributed by atoms with Crippen molar-refractivity contribution in [3.05, 3.63) is 71.0 Å².